The molecule has 3 aromatic rings. The van der Waals surface area contributed by atoms with E-state index in [0.29, 0.717) is 21.2 Å². The fourth-order valence-electron chi connectivity index (χ4n) is 3.11. The van der Waals surface area contributed by atoms with Crippen LogP contribution in [0.4, 0.5) is 11.4 Å². The third-order valence-corrected chi connectivity index (χ3v) is 5.70. The first-order valence-electron chi connectivity index (χ1n) is 8.48. The summed E-state index contributed by atoms with van der Waals surface area (Å²) in [7, 11) is 3.55. The molecule has 0 N–H and O–H groups in total. The molecule has 1 aliphatic heterocycles. The standard InChI is InChI=1S/C20H16N4O3S/c1-22-10-9-21-20(22)28-18-8-7-13(12-17(18)24(26)27)11-15-14-5-3-4-6-16(14)23(2)19(15)25/h3-12H,1-2H3. The molecule has 4 rings (SSSR count). The number of rotatable bonds is 4. The molecule has 0 unspecified atom stereocenters. The number of aryl methyl sites for hydroxylation is 1. The lowest BCUT2D eigenvalue weighted by Gasteiger charge is -2.08. The van der Waals surface area contributed by atoms with E-state index in [4.69, 9.17) is 0 Å². The molecule has 0 aliphatic carbocycles. The lowest BCUT2D eigenvalue weighted by molar-refractivity contribution is -0.387. The number of fused-ring (bicyclic) bond motifs is 1. The number of nitrogens with zero attached hydrogens (tertiary/aromatic N) is 4. The zero-order valence-electron chi connectivity index (χ0n) is 15.2. The lowest BCUT2D eigenvalue weighted by Crippen LogP contribution is -2.20. The number of anilines is 1. The molecule has 1 aliphatic rings. The summed E-state index contributed by atoms with van der Waals surface area (Å²) in [6.45, 7) is 0. The Morgan fingerprint density at radius 1 is 1.18 bits per heavy atom. The van der Waals surface area contributed by atoms with Crippen molar-refractivity contribution in [1.82, 2.24) is 9.55 Å². The second-order valence-corrected chi connectivity index (χ2v) is 7.36. The van der Waals surface area contributed by atoms with Crippen LogP contribution < -0.4 is 4.90 Å². The van der Waals surface area contributed by atoms with E-state index in [1.165, 1.54) is 17.8 Å². The number of benzene rings is 2. The van der Waals surface area contributed by atoms with E-state index in [1.807, 2.05) is 31.3 Å². The average Bonchev–Trinajstić information content (AvgIpc) is 3.19. The number of carbonyl (C=O) groups is 1. The second kappa shape index (κ2) is 6.97. The smallest absolute Gasteiger partial charge is 0.283 e. The Bertz CT molecular complexity index is 1140. The number of amides is 1. The van der Waals surface area contributed by atoms with Crippen molar-refractivity contribution in [3.63, 3.8) is 0 Å². The summed E-state index contributed by atoms with van der Waals surface area (Å²) < 4.78 is 1.80. The van der Waals surface area contributed by atoms with Crippen LogP contribution in [0.5, 0.6) is 0 Å². The zero-order chi connectivity index (χ0) is 19.8. The lowest BCUT2D eigenvalue weighted by atomic mass is 10.0. The minimum Gasteiger partial charge on any atom is -0.329 e. The molecular weight excluding hydrogens is 376 g/mol. The zero-order valence-corrected chi connectivity index (χ0v) is 16.0. The molecular formula is C20H16N4O3S. The Hall–Kier alpha value is -3.39. The van der Waals surface area contributed by atoms with Gasteiger partial charge in [-0.3, -0.25) is 14.9 Å². The fourth-order valence-corrected chi connectivity index (χ4v) is 4.00. The molecule has 2 heterocycles. The number of nitro benzene ring substituents is 1. The first-order chi connectivity index (χ1) is 13.5. The van der Waals surface area contributed by atoms with E-state index in [9.17, 15) is 14.9 Å². The summed E-state index contributed by atoms with van der Waals surface area (Å²) in [5.74, 6) is -0.129. The van der Waals surface area contributed by atoms with Gasteiger partial charge in [-0.2, -0.15) is 0 Å². The number of nitro groups is 1. The number of likely N-dealkylation sites (N-methyl/N-ethyl adjacent to an activating group) is 1. The van der Waals surface area contributed by atoms with Crippen LogP contribution in [0, 0.1) is 10.1 Å². The SMILES string of the molecule is CN1C(=O)C(=Cc2ccc(Sc3nccn3C)c([N+](=O)[O-])c2)c2ccccc21. The maximum absolute atomic E-state index is 12.6. The van der Waals surface area contributed by atoms with Gasteiger partial charge in [0, 0.05) is 43.7 Å². The van der Waals surface area contributed by atoms with Crippen molar-refractivity contribution in [2.75, 3.05) is 11.9 Å². The predicted octanol–water partition coefficient (Wildman–Crippen LogP) is 4.00. The molecule has 0 spiro atoms. The molecule has 0 saturated carbocycles. The molecule has 0 saturated heterocycles. The quantitative estimate of drug-likeness (QED) is 0.381. The maximum atomic E-state index is 12.6. The highest BCUT2D eigenvalue weighted by molar-refractivity contribution is 7.99. The van der Waals surface area contributed by atoms with Crippen LogP contribution in [0.2, 0.25) is 0 Å². The van der Waals surface area contributed by atoms with Gasteiger partial charge in [-0.1, -0.05) is 24.3 Å². The third-order valence-electron chi connectivity index (χ3n) is 4.56. The van der Waals surface area contributed by atoms with E-state index in [0.717, 1.165) is 11.3 Å². The Labute approximate surface area is 165 Å². The Balaban J connectivity index is 1.75. The van der Waals surface area contributed by atoms with E-state index >= 15 is 0 Å². The number of imidazole rings is 1. The van der Waals surface area contributed by atoms with E-state index in [2.05, 4.69) is 4.98 Å². The summed E-state index contributed by atoms with van der Waals surface area (Å²) >= 11 is 1.23. The molecule has 0 fully saturated rings. The van der Waals surface area contributed by atoms with Gasteiger partial charge >= 0.3 is 0 Å². The summed E-state index contributed by atoms with van der Waals surface area (Å²) in [6.07, 6.45) is 5.13. The molecule has 1 aromatic heterocycles. The number of hydrogen-bond donors (Lipinski definition) is 0. The van der Waals surface area contributed by atoms with Crippen LogP contribution in [-0.4, -0.2) is 27.4 Å². The van der Waals surface area contributed by atoms with Crippen LogP contribution in [0.15, 0.2) is 64.9 Å². The van der Waals surface area contributed by atoms with E-state index < -0.39 is 4.92 Å². The van der Waals surface area contributed by atoms with E-state index in [-0.39, 0.29) is 11.6 Å². The van der Waals surface area contributed by atoms with Gasteiger partial charge in [0.05, 0.1) is 15.5 Å². The van der Waals surface area contributed by atoms with Gasteiger partial charge in [0.15, 0.2) is 5.16 Å². The Morgan fingerprint density at radius 2 is 1.96 bits per heavy atom. The Morgan fingerprint density at radius 3 is 2.68 bits per heavy atom. The second-order valence-electron chi connectivity index (χ2n) is 6.35. The first-order valence-corrected chi connectivity index (χ1v) is 9.30. The molecule has 2 aromatic carbocycles. The summed E-state index contributed by atoms with van der Waals surface area (Å²) in [6, 6.07) is 12.5. The number of carbonyl (C=O) groups excluding carboxylic acids is 1. The van der Waals surface area contributed by atoms with Gasteiger partial charge < -0.3 is 9.47 Å². The molecule has 7 nitrogen and oxygen atoms in total. The molecule has 0 radical (unpaired) electrons. The number of aromatic nitrogens is 2. The first kappa shape index (κ1) is 18.0. The molecule has 28 heavy (non-hydrogen) atoms. The van der Waals surface area contributed by atoms with Crippen molar-refractivity contribution < 1.29 is 9.72 Å². The summed E-state index contributed by atoms with van der Waals surface area (Å²) in [5.41, 5.74) is 2.76. The van der Waals surface area contributed by atoms with Crippen molar-refractivity contribution in [1.29, 1.82) is 0 Å². The van der Waals surface area contributed by atoms with Crippen molar-refractivity contribution in [3.8, 4) is 0 Å². The average molecular weight is 392 g/mol. The predicted molar refractivity (Wildman–Crippen MR) is 108 cm³/mol. The van der Waals surface area contributed by atoms with Gasteiger partial charge in [-0.05, 0) is 35.5 Å². The van der Waals surface area contributed by atoms with Crippen LogP contribution in [-0.2, 0) is 11.8 Å². The van der Waals surface area contributed by atoms with Crippen LogP contribution in [0.25, 0.3) is 11.6 Å². The molecule has 0 bridgehead atoms. The highest BCUT2D eigenvalue weighted by atomic mass is 32.2. The van der Waals surface area contributed by atoms with Crippen molar-refractivity contribution in [2.24, 2.45) is 7.05 Å². The van der Waals surface area contributed by atoms with Crippen LogP contribution in [0.1, 0.15) is 11.1 Å². The summed E-state index contributed by atoms with van der Waals surface area (Å²) in [5, 5.41) is 12.3. The Kier molecular flexibility index (Phi) is 4.48. The van der Waals surface area contributed by atoms with E-state index in [1.54, 1.807) is 47.1 Å². The molecule has 8 heteroatoms. The fraction of sp³-hybridized carbons (Fsp3) is 0.100. The van der Waals surface area contributed by atoms with Gasteiger partial charge in [-0.25, -0.2) is 4.98 Å². The van der Waals surface area contributed by atoms with Gasteiger partial charge in [0.25, 0.3) is 11.6 Å². The normalized spacial score (nSPS) is 14.6. The van der Waals surface area contributed by atoms with Crippen LogP contribution in [0.3, 0.4) is 0 Å². The topological polar surface area (TPSA) is 81.3 Å². The van der Waals surface area contributed by atoms with Crippen LogP contribution >= 0.6 is 11.8 Å². The minimum absolute atomic E-state index is 0.0190. The largest absolute Gasteiger partial charge is 0.329 e. The number of hydrogen-bond acceptors (Lipinski definition) is 5. The van der Waals surface area contributed by atoms with Crippen molar-refractivity contribution in [3.05, 3.63) is 76.1 Å². The van der Waals surface area contributed by atoms with Crippen molar-refractivity contribution in [2.45, 2.75) is 10.1 Å². The maximum Gasteiger partial charge on any atom is 0.283 e. The van der Waals surface area contributed by atoms with Gasteiger partial charge in [0.2, 0.25) is 0 Å². The monoisotopic (exact) mass is 392 g/mol. The minimum atomic E-state index is -0.413. The third kappa shape index (κ3) is 3.07. The molecule has 1 amide bonds. The van der Waals surface area contributed by atoms with Gasteiger partial charge in [-0.15, -0.1) is 0 Å². The highest BCUT2D eigenvalue weighted by Gasteiger charge is 2.29. The van der Waals surface area contributed by atoms with Crippen molar-refractivity contribution >= 4 is 40.7 Å². The highest BCUT2D eigenvalue weighted by Crippen LogP contribution is 2.38. The molecule has 0 atom stereocenters. The summed E-state index contributed by atoms with van der Waals surface area (Å²) in [4.78, 5) is 30.1. The van der Waals surface area contributed by atoms with Gasteiger partial charge in [0.1, 0.15) is 0 Å². The molecule has 140 valence electrons. The number of para-hydroxylation sites is 1.